The summed E-state index contributed by atoms with van der Waals surface area (Å²) < 4.78 is 0. The highest BCUT2D eigenvalue weighted by atomic mass is 32.1. The smallest absolute Gasteiger partial charge is 0.0790 e. The Morgan fingerprint density at radius 3 is 2.77 bits per heavy atom. The molecule has 1 aromatic heterocycles. The molecule has 13 heavy (non-hydrogen) atoms. The number of rotatable bonds is 1. The van der Waals surface area contributed by atoms with Crippen molar-refractivity contribution >= 4 is 30.7 Å². The molecule has 0 N–H and O–H groups in total. The van der Waals surface area contributed by atoms with Gasteiger partial charge in [0.25, 0.3) is 0 Å². The number of allylic oxidation sites excluding steroid dienone is 1. The van der Waals surface area contributed by atoms with Crippen molar-refractivity contribution in [2.75, 3.05) is 0 Å². The van der Waals surface area contributed by atoms with Gasteiger partial charge in [0.15, 0.2) is 0 Å². The van der Waals surface area contributed by atoms with E-state index in [0.717, 1.165) is 0 Å². The largest absolute Gasteiger partial charge is 0.144 e. The lowest BCUT2D eigenvalue weighted by molar-refractivity contribution is 1.00. The second kappa shape index (κ2) is 3.10. The van der Waals surface area contributed by atoms with Crippen LogP contribution in [0.25, 0.3) is 6.08 Å². The Morgan fingerprint density at radius 2 is 2.08 bits per heavy atom. The lowest BCUT2D eigenvalue weighted by atomic mass is 10.1. The van der Waals surface area contributed by atoms with E-state index in [1.165, 1.54) is 17.7 Å². The molecule has 0 amide bonds. The van der Waals surface area contributed by atoms with Gasteiger partial charge in [-0.3, -0.25) is 0 Å². The fourth-order valence-corrected chi connectivity index (χ4v) is 5.61. The second-order valence-electron chi connectivity index (χ2n) is 4.68. The fraction of sp³-hybridized carbons (Fsp3) is 0.455. The highest BCUT2D eigenvalue weighted by Gasteiger charge is 2.23. The van der Waals surface area contributed by atoms with Crippen LogP contribution >= 0.6 is 11.3 Å². The summed E-state index contributed by atoms with van der Waals surface area (Å²) in [6, 6.07) is 0. The van der Waals surface area contributed by atoms with Gasteiger partial charge in [0.05, 0.1) is 8.07 Å². The summed E-state index contributed by atoms with van der Waals surface area (Å²) in [6.45, 7) is 7.31. The highest BCUT2D eigenvalue weighted by molar-refractivity contribution is 7.13. The summed E-state index contributed by atoms with van der Waals surface area (Å²) in [7, 11) is -1.08. The van der Waals surface area contributed by atoms with Gasteiger partial charge in [-0.1, -0.05) is 25.7 Å². The Hall–Kier alpha value is -0.343. The molecule has 2 heteroatoms. The molecule has 0 saturated heterocycles. The second-order valence-corrected chi connectivity index (χ2v) is 10.6. The van der Waals surface area contributed by atoms with Crippen LogP contribution in [0.2, 0.25) is 19.6 Å². The van der Waals surface area contributed by atoms with Crippen molar-refractivity contribution in [3.8, 4) is 0 Å². The Labute approximate surface area is 85.3 Å². The fourth-order valence-electron chi connectivity index (χ4n) is 1.84. The zero-order chi connectivity index (χ0) is 9.47. The zero-order valence-corrected chi connectivity index (χ0v) is 10.4. The van der Waals surface area contributed by atoms with Crippen molar-refractivity contribution in [3.05, 3.63) is 21.9 Å². The van der Waals surface area contributed by atoms with Gasteiger partial charge >= 0.3 is 0 Å². The Kier molecular flexibility index (Phi) is 2.20. The number of thiophene rings is 1. The third-order valence-electron chi connectivity index (χ3n) is 2.56. The van der Waals surface area contributed by atoms with E-state index in [4.69, 9.17) is 0 Å². The summed E-state index contributed by atoms with van der Waals surface area (Å²) in [5.41, 5.74) is 1.66. The quantitative estimate of drug-likeness (QED) is 0.622. The molecule has 1 heterocycles. The molecule has 1 aromatic rings. The molecule has 0 radical (unpaired) electrons. The molecule has 0 aromatic carbocycles. The standard InChI is InChI=1S/C11H16SSi/c1-13(2,3)11-8-12-10-7-5-4-6-9(10)11/h5,7-8H,4,6H2,1-3H3. The van der Waals surface area contributed by atoms with Crippen molar-refractivity contribution in [1.29, 1.82) is 0 Å². The molecule has 2 rings (SSSR count). The van der Waals surface area contributed by atoms with Crippen molar-refractivity contribution < 1.29 is 0 Å². The molecular weight excluding hydrogens is 192 g/mol. The van der Waals surface area contributed by atoms with Gasteiger partial charge in [0, 0.05) is 4.88 Å². The average molecular weight is 208 g/mol. The molecule has 0 fully saturated rings. The first-order valence-electron chi connectivity index (χ1n) is 4.86. The van der Waals surface area contributed by atoms with Crippen molar-refractivity contribution in [3.63, 3.8) is 0 Å². The van der Waals surface area contributed by atoms with Crippen molar-refractivity contribution in [2.45, 2.75) is 32.5 Å². The molecule has 0 bridgehead atoms. The van der Waals surface area contributed by atoms with Crippen LogP contribution in [0, 0.1) is 0 Å². The summed E-state index contributed by atoms with van der Waals surface area (Å²) in [4.78, 5) is 1.52. The summed E-state index contributed by atoms with van der Waals surface area (Å²) in [5.74, 6) is 0. The molecular formula is C11H16SSi. The topological polar surface area (TPSA) is 0 Å². The van der Waals surface area contributed by atoms with E-state index in [1.807, 2.05) is 11.3 Å². The molecule has 0 nitrogen and oxygen atoms in total. The average Bonchev–Trinajstić information content (AvgIpc) is 2.45. The Balaban J connectivity index is 2.50. The van der Waals surface area contributed by atoms with Crippen LogP contribution in [0.3, 0.4) is 0 Å². The highest BCUT2D eigenvalue weighted by Crippen LogP contribution is 2.25. The zero-order valence-electron chi connectivity index (χ0n) is 8.55. The van der Waals surface area contributed by atoms with E-state index in [0.29, 0.717) is 0 Å². The van der Waals surface area contributed by atoms with Gasteiger partial charge in [-0.15, -0.1) is 11.3 Å². The van der Waals surface area contributed by atoms with Gasteiger partial charge in [0.1, 0.15) is 0 Å². The predicted octanol–water partition coefficient (Wildman–Crippen LogP) is 3.25. The van der Waals surface area contributed by atoms with Crippen LogP contribution in [0.15, 0.2) is 11.5 Å². The van der Waals surface area contributed by atoms with E-state index in [-0.39, 0.29) is 0 Å². The molecule has 0 spiro atoms. The minimum Gasteiger partial charge on any atom is -0.144 e. The lowest BCUT2D eigenvalue weighted by Crippen LogP contribution is -2.39. The maximum atomic E-state index is 2.44. The normalized spacial score (nSPS) is 15.9. The van der Waals surface area contributed by atoms with Gasteiger partial charge in [-0.05, 0) is 35.0 Å². The van der Waals surface area contributed by atoms with Gasteiger partial charge in [-0.2, -0.15) is 0 Å². The van der Waals surface area contributed by atoms with Crippen molar-refractivity contribution in [1.82, 2.24) is 0 Å². The number of fused-ring (bicyclic) bond motifs is 1. The summed E-state index contributed by atoms with van der Waals surface area (Å²) in [6.07, 6.45) is 7.11. The molecule has 0 unspecified atom stereocenters. The third kappa shape index (κ3) is 1.65. The summed E-state index contributed by atoms with van der Waals surface area (Å²) in [5, 5.41) is 4.09. The first-order valence-corrected chi connectivity index (χ1v) is 9.24. The van der Waals surface area contributed by atoms with Gasteiger partial charge in [-0.25, -0.2) is 0 Å². The maximum absolute atomic E-state index is 2.44. The molecule has 1 aliphatic carbocycles. The molecule has 0 atom stereocenters. The van der Waals surface area contributed by atoms with Crippen LogP contribution in [-0.2, 0) is 6.42 Å². The van der Waals surface area contributed by atoms with Crippen LogP contribution in [0.4, 0.5) is 0 Å². The molecule has 0 aliphatic heterocycles. The van der Waals surface area contributed by atoms with Crippen LogP contribution < -0.4 is 5.19 Å². The van der Waals surface area contributed by atoms with E-state index < -0.39 is 8.07 Å². The Bertz CT molecular complexity index is 341. The predicted molar refractivity (Wildman–Crippen MR) is 64.7 cm³/mol. The number of hydrogen-bond acceptors (Lipinski definition) is 1. The van der Waals surface area contributed by atoms with Crippen LogP contribution in [-0.4, -0.2) is 8.07 Å². The van der Waals surface area contributed by atoms with Crippen molar-refractivity contribution in [2.24, 2.45) is 0 Å². The molecule has 0 saturated carbocycles. The Morgan fingerprint density at radius 1 is 1.31 bits per heavy atom. The lowest BCUT2D eigenvalue weighted by Gasteiger charge is -2.18. The van der Waals surface area contributed by atoms with Gasteiger partial charge in [0.2, 0.25) is 0 Å². The minimum absolute atomic E-state index is 1.08. The van der Waals surface area contributed by atoms with Crippen LogP contribution in [0.1, 0.15) is 16.9 Å². The third-order valence-corrected chi connectivity index (χ3v) is 5.83. The van der Waals surface area contributed by atoms with E-state index in [9.17, 15) is 0 Å². The maximum Gasteiger partial charge on any atom is 0.0790 e. The first kappa shape index (κ1) is 9.22. The van der Waals surface area contributed by atoms with E-state index >= 15 is 0 Å². The molecule has 70 valence electrons. The number of hydrogen-bond donors (Lipinski definition) is 0. The monoisotopic (exact) mass is 208 g/mol. The molecule has 1 aliphatic rings. The van der Waals surface area contributed by atoms with E-state index in [2.05, 4.69) is 37.2 Å². The first-order chi connectivity index (χ1) is 6.09. The van der Waals surface area contributed by atoms with Crippen LogP contribution in [0.5, 0.6) is 0 Å². The minimum atomic E-state index is -1.08. The summed E-state index contributed by atoms with van der Waals surface area (Å²) >= 11 is 1.93. The van der Waals surface area contributed by atoms with Gasteiger partial charge < -0.3 is 0 Å². The van der Waals surface area contributed by atoms with E-state index in [1.54, 1.807) is 10.8 Å². The SMILES string of the molecule is C[Si](C)(C)c1csc2c1CCC=C2.